The van der Waals surface area contributed by atoms with Crippen LogP contribution in [0.5, 0.6) is 0 Å². The van der Waals surface area contributed by atoms with E-state index in [2.05, 4.69) is 15.3 Å². The van der Waals surface area contributed by atoms with Crippen molar-refractivity contribution in [3.05, 3.63) is 30.3 Å². The number of piperazine rings is 1. The summed E-state index contributed by atoms with van der Waals surface area (Å²) in [5, 5.41) is 3.75. The number of halogens is 1. The summed E-state index contributed by atoms with van der Waals surface area (Å²) in [6, 6.07) is 4.89. The molecular formula is C16H17FN4O. The molecule has 2 atom stereocenters. The highest BCUT2D eigenvalue weighted by atomic mass is 19.1. The lowest BCUT2D eigenvalue weighted by Gasteiger charge is -2.44. The number of amides is 1. The lowest BCUT2D eigenvalue weighted by molar-refractivity contribution is -0.122. The maximum atomic E-state index is 13.6. The van der Waals surface area contributed by atoms with Crippen molar-refractivity contribution in [2.75, 3.05) is 11.4 Å². The minimum absolute atomic E-state index is 0.00585. The molecular weight excluding hydrogens is 283 g/mol. The molecule has 2 aromatic rings. The summed E-state index contributed by atoms with van der Waals surface area (Å²) in [6.07, 6.45) is 5.77. The van der Waals surface area contributed by atoms with Gasteiger partial charge in [0.25, 0.3) is 0 Å². The van der Waals surface area contributed by atoms with E-state index in [1.807, 2.05) is 4.90 Å². The molecule has 1 aliphatic heterocycles. The second-order valence-corrected chi connectivity index (χ2v) is 6.01. The lowest BCUT2D eigenvalue weighted by Crippen LogP contribution is -2.62. The van der Waals surface area contributed by atoms with Gasteiger partial charge in [0.2, 0.25) is 5.91 Å². The molecule has 1 N–H and O–H groups in total. The predicted octanol–water partition coefficient (Wildman–Crippen LogP) is 2.02. The Morgan fingerprint density at radius 1 is 1.23 bits per heavy atom. The van der Waals surface area contributed by atoms with E-state index in [9.17, 15) is 9.18 Å². The second-order valence-electron chi connectivity index (χ2n) is 6.01. The van der Waals surface area contributed by atoms with Crippen LogP contribution < -0.4 is 10.2 Å². The zero-order chi connectivity index (χ0) is 15.1. The number of hydrogen-bond acceptors (Lipinski definition) is 4. The number of benzene rings is 1. The molecule has 0 radical (unpaired) electrons. The van der Waals surface area contributed by atoms with E-state index >= 15 is 0 Å². The van der Waals surface area contributed by atoms with Crippen LogP contribution in [0.4, 0.5) is 10.2 Å². The van der Waals surface area contributed by atoms with Crippen LogP contribution >= 0.6 is 0 Å². The highest BCUT2D eigenvalue weighted by Gasteiger charge is 2.37. The number of hydrogen-bond donors (Lipinski definition) is 1. The summed E-state index contributed by atoms with van der Waals surface area (Å²) in [4.78, 5) is 22.6. The van der Waals surface area contributed by atoms with Crippen molar-refractivity contribution in [3.63, 3.8) is 0 Å². The van der Waals surface area contributed by atoms with Crippen molar-refractivity contribution >= 4 is 22.6 Å². The van der Waals surface area contributed by atoms with Crippen LogP contribution in [0, 0.1) is 5.82 Å². The third kappa shape index (κ3) is 2.19. The van der Waals surface area contributed by atoms with Crippen LogP contribution in [0.2, 0.25) is 0 Å². The highest BCUT2D eigenvalue weighted by molar-refractivity contribution is 5.92. The van der Waals surface area contributed by atoms with Gasteiger partial charge >= 0.3 is 0 Å². The smallest absolute Gasteiger partial charge is 0.239 e. The third-order valence-corrected chi connectivity index (χ3v) is 4.64. The van der Waals surface area contributed by atoms with Crippen molar-refractivity contribution in [1.82, 2.24) is 15.3 Å². The lowest BCUT2D eigenvalue weighted by atomic mass is 9.87. The fraction of sp³-hybridized carbons (Fsp3) is 0.438. The monoisotopic (exact) mass is 300 g/mol. The zero-order valence-corrected chi connectivity index (χ0v) is 12.1. The minimum Gasteiger partial charge on any atom is -0.350 e. The van der Waals surface area contributed by atoms with E-state index in [-0.39, 0.29) is 30.4 Å². The molecule has 2 fully saturated rings. The molecule has 6 heteroatoms. The number of fused-ring (bicyclic) bond motifs is 2. The van der Waals surface area contributed by atoms with Gasteiger partial charge in [-0.25, -0.2) is 14.4 Å². The number of nitrogens with zero attached hydrogens (tertiary/aromatic N) is 3. The normalized spacial score (nSPS) is 25.0. The highest BCUT2D eigenvalue weighted by Crippen LogP contribution is 2.32. The Morgan fingerprint density at radius 2 is 2.09 bits per heavy atom. The number of anilines is 1. The Balaban J connectivity index is 1.82. The van der Waals surface area contributed by atoms with E-state index in [0.29, 0.717) is 16.7 Å². The van der Waals surface area contributed by atoms with E-state index in [0.717, 1.165) is 25.7 Å². The molecule has 2 heterocycles. The molecule has 0 spiro atoms. The van der Waals surface area contributed by atoms with Crippen molar-refractivity contribution < 1.29 is 9.18 Å². The van der Waals surface area contributed by atoms with Gasteiger partial charge in [0, 0.05) is 11.4 Å². The molecule has 4 rings (SSSR count). The van der Waals surface area contributed by atoms with Crippen LogP contribution in [0.25, 0.3) is 10.9 Å². The van der Waals surface area contributed by atoms with Gasteiger partial charge in [-0.05, 0) is 31.0 Å². The van der Waals surface area contributed by atoms with Gasteiger partial charge in [0.1, 0.15) is 18.0 Å². The van der Waals surface area contributed by atoms with Crippen molar-refractivity contribution in [2.45, 2.75) is 37.8 Å². The number of carbonyl (C=O) groups is 1. The molecule has 1 aromatic heterocycles. The van der Waals surface area contributed by atoms with Gasteiger partial charge in [-0.3, -0.25) is 4.79 Å². The van der Waals surface area contributed by atoms with E-state index in [1.165, 1.54) is 18.5 Å². The quantitative estimate of drug-likeness (QED) is 0.875. The van der Waals surface area contributed by atoms with Crippen LogP contribution in [0.3, 0.4) is 0 Å². The topological polar surface area (TPSA) is 58.1 Å². The average molecular weight is 300 g/mol. The molecule has 0 bridgehead atoms. The van der Waals surface area contributed by atoms with E-state index in [1.54, 1.807) is 6.07 Å². The number of nitrogens with one attached hydrogen (secondary N) is 1. The third-order valence-electron chi connectivity index (χ3n) is 4.64. The van der Waals surface area contributed by atoms with Crippen LogP contribution in [-0.4, -0.2) is 34.5 Å². The number of aromatic nitrogens is 2. The van der Waals surface area contributed by atoms with Crippen LogP contribution in [0.15, 0.2) is 24.5 Å². The minimum atomic E-state index is -0.315. The summed E-state index contributed by atoms with van der Waals surface area (Å²) in [7, 11) is 0. The summed E-state index contributed by atoms with van der Waals surface area (Å²) in [5.41, 5.74) is 0.699. The van der Waals surface area contributed by atoms with Gasteiger partial charge in [-0.2, -0.15) is 0 Å². The number of carbonyl (C=O) groups excluding carboxylic acids is 1. The Kier molecular flexibility index (Phi) is 3.17. The van der Waals surface area contributed by atoms with Gasteiger partial charge in [0.05, 0.1) is 18.1 Å². The summed E-state index contributed by atoms with van der Waals surface area (Å²) < 4.78 is 13.6. The molecule has 1 aromatic carbocycles. The molecule has 1 aliphatic carbocycles. The largest absolute Gasteiger partial charge is 0.350 e. The van der Waals surface area contributed by atoms with Crippen molar-refractivity contribution in [2.24, 2.45) is 0 Å². The Bertz CT molecular complexity index is 735. The fourth-order valence-corrected chi connectivity index (χ4v) is 3.65. The first kappa shape index (κ1) is 13.4. The molecule has 114 valence electrons. The standard InChI is InChI=1S/C16H17FN4O/c17-10-5-6-12-11(7-10)16(19-9-18-12)21-8-15(22)20-13-3-1-2-4-14(13)21/h5-7,9,13-14H,1-4,8H2,(H,20,22). The maximum Gasteiger partial charge on any atom is 0.239 e. The molecule has 2 unspecified atom stereocenters. The molecule has 1 saturated carbocycles. The first-order valence-electron chi connectivity index (χ1n) is 7.68. The molecule has 22 heavy (non-hydrogen) atoms. The predicted molar refractivity (Wildman–Crippen MR) is 81.0 cm³/mol. The summed E-state index contributed by atoms with van der Waals surface area (Å²) in [5.74, 6) is 0.354. The van der Waals surface area contributed by atoms with Crippen molar-refractivity contribution in [3.8, 4) is 0 Å². The number of rotatable bonds is 1. The molecule has 1 saturated heterocycles. The summed E-state index contributed by atoms with van der Waals surface area (Å²) >= 11 is 0. The van der Waals surface area contributed by atoms with E-state index < -0.39 is 0 Å². The van der Waals surface area contributed by atoms with Crippen LogP contribution in [-0.2, 0) is 4.79 Å². The van der Waals surface area contributed by atoms with Crippen molar-refractivity contribution in [1.29, 1.82) is 0 Å². The van der Waals surface area contributed by atoms with Gasteiger partial charge in [-0.1, -0.05) is 12.8 Å². The van der Waals surface area contributed by atoms with E-state index in [4.69, 9.17) is 0 Å². The van der Waals surface area contributed by atoms with Crippen LogP contribution in [0.1, 0.15) is 25.7 Å². The average Bonchev–Trinajstić information content (AvgIpc) is 2.53. The Hall–Kier alpha value is -2.24. The first-order chi connectivity index (χ1) is 10.7. The Morgan fingerprint density at radius 3 is 3.00 bits per heavy atom. The molecule has 1 amide bonds. The molecule has 5 nitrogen and oxygen atoms in total. The van der Waals surface area contributed by atoms with Gasteiger partial charge < -0.3 is 10.2 Å². The van der Waals surface area contributed by atoms with Gasteiger partial charge in [-0.15, -0.1) is 0 Å². The Labute approximate surface area is 127 Å². The SMILES string of the molecule is O=C1CN(c2ncnc3ccc(F)cc23)C2CCCCC2N1. The fourth-order valence-electron chi connectivity index (χ4n) is 3.65. The van der Waals surface area contributed by atoms with Gasteiger partial charge in [0.15, 0.2) is 0 Å². The summed E-state index contributed by atoms with van der Waals surface area (Å²) in [6.45, 7) is 0.268. The second kappa shape index (κ2) is 5.19. The maximum absolute atomic E-state index is 13.6. The molecule has 2 aliphatic rings. The first-order valence-corrected chi connectivity index (χ1v) is 7.68. The zero-order valence-electron chi connectivity index (χ0n) is 12.1.